The summed E-state index contributed by atoms with van der Waals surface area (Å²) in [6.07, 6.45) is -19.3. The number of rotatable bonds is 17. The van der Waals surface area contributed by atoms with E-state index in [1.807, 2.05) is 30.3 Å². The van der Waals surface area contributed by atoms with Gasteiger partial charge in [-0.05, 0) is 79.2 Å². The van der Waals surface area contributed by atoms with Gasteiger partial charge in [0.2, 0.25) is 0 Å². The Labute approximate surface area is 809 Å². The van der Waals surface area contributed by atoms with Crippen LogP contribution in [0.4, 0.5) is 94.3 Å². The molecule has 8 aromatic rings. The number of carboxylic acid groups (broad SMARTS) is 2. The molecule has 704 valence electrons. The predicted octanol–water partition coefficient (Wildman–Crippen LogP) is 15.2. The van der Waals surface area contributed by atoms with Gasteiger partial charge in [-0.25, -0.2) is 14.8 Å². The molecule has 2 unspecified atom stereocenters. The number of ether oxygens (including phenoxy) is 1. The summed E-state index contributed by atoms with van der Waals surface area (Å²) in [5.74, 6) is -7.05. The molecule has 0 aliphatic rings. The third kappa shape index (κ3) is 46.8. The first-order valence-corrected chi connectivity index (χ1v) is 47.4. The van der Waals surface area contributed by atoms with E-state index in [0.29, 0.717) is 34.3 Å². The average Bonchev–Trinajstić information content (AvgIpc) is 1.04. The number of nitrogens with two attached hydrogens (primary N) is 2. The molecule has 0 fully saturated rings. The van der Waals surface area contributed by atoms with Crippen molar-refractivity contribution in [1.82, 2.24) is 29.6 Å². The van der Waals surface area contributed by atoms with Crippen molar-refractivity contribution in [3.05, 3.63) is 235 Å². The van der Waals surface area contributed by atoms with Crippen LogP contribution in [-0.2, 0) is 107 Å². The standard InChI is InChI=1S/C25H24F3N3O4S.C16H17F3N4O2S.C10H9F3N2O3.C10H11F3N2O.C8H4F3NO4.C2H4O2.CH3Cl.CH4.BrH.2Na.O4S2.2V/c1-15(9-21(32)35-14-16-7-5-4-6-8-16)23-29-13-20(36-23)22(33)30-19-11-17(24(34)31(2)3)10-18(12-19)25(26,27)28;1-8(20)14-21-7-12(26-14)13(24)22-11-5-9(15(25)23(2)3)4-10(6-11)16(17,18)19;1-14(2)9(16)6-3-7(10(11,12)13)5-8(4-6)15(17)18;1-15(2)9(16)6-3-7(10(11,12)13)5-8(14)4-6;9-8(10,11)5-1-4(7(13)14)2-6(3-5)12(15)16;1-2(3)4;1-2;;;;;1-5(2)6(3)4;;/h4-8,10-13,15H,9,14H2,1-3H3,(H,30,33);4-8H,20H2,1-3H3,(H,22,24);3-5H,1-2H3;3-5H,14H2,1-2H3;1-3H,(H,13,14);1H3,(H,3,4);1H3;1H4;1H;;;;;. The number of thiazole rings is 2. The molecule has 130 heavy (non-hydrogen) atoms. The number of anilines is 3. The van der Waals surface area contributed by atoms with E-state index >= 15 is 0 Å². The minimum atomic E-state index is -4.82. The number of nitrogen functional groups attached to an aromatic ring is 1. The molecular formula is C73H77BrClF15N12Na2O20S4V2. The number of non-ortho nitro benzene ring substituents is 2. The molecule has 8 rings (SSSR count). The molecule has 32 nitrogen and oxygen atoms in total. The zero-order chi connectivity index (χ0) is 97.9. The van der Waals surface area contributed by atoms with Crippen LogP contribution in [0.3, 0.4) is 0 Å². The second-order valence-corrected chi connectivity index (χ2v) is 29.7. The summed E-state index contributed by atoms with van der Waals surface area (Å²) in [5, 5.41) is 42.6. The van der Waals surface area contributed by atoms with Crippen LogP contribution in [0.25, 0.3) is 0 Å². The third-order valence-corrected chi connectivity index (χ3v) is 17.5. The van der Waals surface area contributed by atoms with Gasteiger partial charge < -0.3 is 56.7 Å². The van der Waals surface area contributed by atoms with Crippen molar-refractivity contribution in [2.24, 2.45) is 5.73 Å². The van der Waals surface area contributed by atoms with Crippen LogP contribution in [0.15, 0.2) is 134 Å². The Morgan fingerprint density at radius 2 is 0.792 bits per heavy atom. The Hall–Kier alpha value is -9.10. The van der Waals surface area contributed by atoms with E-state index in [9.17, 15) is 124 Å². The third-order valence-electron chi connectivity index (χ3n) is 14.2. The number of nitro groups is 2. The molecule has 2 atom stereocenters. The second kappa shape index (κ2) is 59.4. The zero-order valence-electron chi connectivity index (χ0n) is 69.2. The Kier molecular flexibility index (Phi) is 59.1. The van der Waals surface area contributed by atoms with Gasteiger partial charge in [0.05, 0.1) is 73.1 Å². The van der Waals surface area contributed by atoms with Crippen molar-refractivity contribution < 1.29 is 188 Å². The number of aromatic carboxylic acids is 1. The summed E-state index contributed by atoms with van der Waals surface area (Å²) in [6.45, 7) is 4.69. The number of carbonyl (C=O) groups excluding carboxylic acids is 7. The zero-order valence-corrected chi connectivity index (χ0v) is 81.8. The number of hydrogen-bond acceptors (Lipinski definition) is 24. The quantitative estimate of drug-likeness (QED) is 0.00937. The maximum atomic E-state index is 13.3. The number of aromatic nitrogens is 2. The number of esters is 1. The van der Waals surface area contributed by atoms with Crippen molar-refractivity contribution in [3.63, 3.8) is 0 Å². The molecule has 0 aliphatic heterocycles. The summed E-state index contributed by atoms with van der Waals surface area (Å²) in [4.78, 5) is 136. The number of hydrogen-bond donors (Lipinski definition) is 6. The van der Waals surface area contributed by atoms with Gasteiger partial charge in [-0.1, -0.05) is 44.7 Å². The summed E-state index contributed by atoms with van der Waals surface area (Å²) in [6, 6.07) is 20.1. The largest absolute Gasteiger partial charge is 0 e. The number of carboxylic acids is 2. The minimum Gasteiger partial charge on any atom is 0 e. The summed E-state index contributed by atoms with van der Waals surface area (Å²) >= 11 is 9.60. The normalized spacial score (nSPS) is 10.8. The van der Waals surface area contributed by atoms with Crippen molar-refractivity contribution >= 4 is 195 Å². The molecular weight excluding hydrogens is 2040 g/mol. The molecule has 2 radical (unpaired) electrons. The Morgan fingerprint density at radius 1 is 0.508 bits per heavy atom. The van der Waals surface area contributed by atoms with Crippen LogP contribution in [0.5, 0.6) is 0 Å². The van der Waals surface area contributed by atoms with Crippen LogP contribution in [0, 0.1) is 20.2 Å². The summed E-state index contributed by atoms with van der Waals surface area (Å²) in [5.41, 5.74) is 2.59. The molecule has 0 aliphatic carbocycles. The smallest absolute Gasteiger partial charge is 0 e. The summed E-state index contributed by atoms with van der Waals surface area (Å²) in [7, 11) is 5.37. The number of benzene rings is 6. The topological polar surface area (TPSA) is 473 Å². The van der Waals surface area contributed by atoms with Gasteiger partial charge in [-0.15, -0.1) is 51.3 Å². The van der Waals surface area contributed by atoms with Crippen LogP contribution >= 0.6 is 51.3 Å². The fourth-order valence-corrected chi connectivity index (χ4v) is 10.3. The van der Waals surface area contributed by atoms with E-state index in [-0.39, 0.29) is 142 Å². The molecule has 2 heterocycles. The molecule has 6 amide bonds. The fraction of sp³-hybridized carbons (Fsp3) is 0.301. The number of halogens is 17. The van der Waals surface area contributed by atoms with Gasteiger partial charge in [0.1, 0.15) is 21.4 Å². The van der Waals surface area contributed by atoms with E-state index in [0.717, 1.165) is 92.3 Å². The van der Waals surface area contributed by atoms with Gasteiger partial charge >= 0.3 is 105 Å². The molecule has 8 N–H and O–H groups in total. The summed E-state index contributed by atoms with van der Waals surface area (Å²) < 4.78 is 233. The van der Waals surface area contributed by atoms with Crippen LogP contribution in [0.1, 0.15) is 161 Å². The van der Waals surface area contributed by atoms with E-state index in [4.69, 9.17) is 48.0 Å². The van der Waals surface area contributed by atoms with Crippen LogP contribution < -0.4 is 22.1 Å². The van der Waals surface area contributed by atoms with Crippen molar-refractivity contribution in [2.75, 3.05) is 79.1 Å². The van der Waals surface area contributed by atoms with Gasteiger partial charge in [-0.2, -0.15) is 82.7 Å². The first kappa shape index (κ1) is 129. The number of carbonyl (C=O) groups is 9. The maximum absolute atomic E-state index is 13.3. The van der Waals surface area contributed by atoms with Gasteiger partial charge in [0.25, 0.3) is 52.8 Å². The van der Waals surface area contributed by atoms with E-state index in [1.54, 1.807) is 13.8 Å². The van der Waals surface area contributed by atoms with E-state index < -0.39 is 157 Å². The monoisotopic (exact) mass is 2120 g/mol. The number of alkyl halides is 16. The molecule has 6 aromatic carbocycles. The Morgan fingerprint density at radius 3 is 1.08 bits per heavy atom. The second-order valence-electron chi connectivity index (χ2n) is 25.1. The van der Waals surface area contributed by atoms with E-state index in [1.165, 1.54) is 142 Å². The molecule has 2 aromatic heterocycles. The van der Waals surface area contributed by atoms with Crippen molar-refractivity contribution in [2.45, 2.75) is 84.1 Å². The predicted molar refractivity (Wildman–Crippen MR) is 447 cm³/mol. The SMILES string of the molecule is Br.C.CC(=O)O.CC(CC(=O)OCc1ccccc1)c1ncc(C(=O)Nc2cc(C(=O)N(C)C)cc(C(F)(F)F)c2)s1.CC(N)c1ncc(C(=O)Nc2cc(C(=O)N(C)C)cc(C(F)(F)F)c2)s1.CCl.CN(C)C(=O)c1cc(N)cc(C(F)(F)F)c1.CN(C)C(=O)c1cc([N+](=O)[O-])cc(C(F)(F)F)c1.O=C(O)c1cc([N+](=O)[O-])cc(C(F)(F)F)c1.O=S(=O)=S(=O)=O.[Na][Na].[V].[V]. The number of nitro benzene ring substituents is 2. The van der Waals surface area contributed by atoms with Gasteiger partial charge in [-0.3, -0.25) is 58.6 Å². The maximum Gasteiger partial charge on any atom is 0 e. The number of aliphatic carboxylic acids is 1. The number of nitrogens with one attached hydrogen (secondary N) is 2. The first-order valence-electron chi connectivity index (χ1n) is 34.4. The Balaban J connectivity index is -0.000000494. The average molecular weight is 2120 g/mol. The fourth-order valence-electron chi connectivity index (χ4n) is 8.70. The molecule has 57 heteroatoms. The minimum absolute atomic E-state index is 0. The molecule has 0 bridgehead atoms. The van der Waals surface area contributed by atoms with Crippen LogP contribution in [-0.4, -0.2) is 226 Å². The number of nitrogens with zero attached hydrogens (tertiary/aromatic N) is 8. The van der Waals surface area contributed by atoms with Crippen molar-refractivity contribution in [3.8, 4) is 0 Å². The van der Waals surface area contributed by atoms with Crippen LogP contribution in [0.2, 0.25) is 0 Å². The van der Waals surface area contributed by atoms with E-state index in [2.05, 4.69) is 32.2 Å². The molecule has 0 spiro atoms. The molecule has 0 saturated heterocycles. The van der Waals surface area contributed by atoms with Gasteiger partial charge in [0, 0.05) is 176 Å². The Bertz CT molecular complexity index is 5380. The molecule has 0 saturated carbocycles. The van der Waals surface area contributed by atoms with Crippen molar-refractivity contribution in [1.29, 1.82) is 0 Å². The van der Waals surface area contributed by atoms with Gasteiger partial charge in [0.15, 0.2) is 0 Å². The number of amides is 6. The first-order chi connectivity index (χ1) is 57.8.